The molecule has 0 unspecified atom stereocenters. The van der Waals surface area contributed by atoms with Gasteiger partial charge in [-0.1, -0.05) is 35.9 Å². The molecule has 0 saturated heterocycles. The van der Waals surface area contributed by atoms with Gasteiger partial charge < -0.3 is 5.32 Å². The van der Waals surface area contributed by atoms with Crippen LogP contribution in [0.3, 0.4) is 0 Å². The van der Waals surface area contributed by atoms with Crippen molar-refractivity contribution in [2.75, 3.05) is 18.9 Å². The molecule has 0 radical (unpaired) electrons. The van der Waals surface area contributed by atoms with Crippen LogP contribution in [0.5, 0.6) is 0 Å². The molecule has 0 aliphatic heterocycles. The second-order valence-electron chi connectivity index (χ2n) is 5.73. The van der Waals surface area contributed by atoms with Gasteiger partial charge in [0, 0.05) is 11.1 Å². The third-order valence-corrected chi connectivity index (χ3v) is 4.17. The van der Waals surface area contributed by atoms with Crippen LogP contribution in [0.4, 0.5) is 18.9 Å². The van der Waals surface area contributed by atoms with Gasteiger partial charge >= 0.3 is 6.18 Å². The Balaban J connectivity index is 2.04. The average molecular weight is 371 g/mol. The molecule has 0 aromatic heterocycles. The van der Waals surface area contributed by atoms with E-state index in [-0.39, 0.29) is 18.3 Å². The van der Waals surface area contributed by atoms with Crippen molar-refractivity contribution in [3.63, 3.8) is 0 Å². The Bertz CT molecular complexity index is 732. The zero-order valence-corrected chi connectivity index (χ0v) is 14.5. The van der Waals surface area contributed by atoms with Crippen molar-refractivity contribution in [3.05, 3.63) is 64.7 Å². The van der Waals surface area contributed by atoms with E-state index in [9.17, 15) is 18.0 Å². The van der Waals surface area contributed by atoms with Crippen LogP contribution in [-0.4, -0.2) is 24.4 Å². The maximum Gasteiger partial charge on any atom is 0.418 e. The van der Waals surface area contributed by atoms with Gasteiger partial charge in [0.2, 0.25) is 5.91 Å². The lowest BCUT2D eigenvalue weighted by atomic mass is 10.1. The van der Waals surface area contributed by atoms with Crippen LogP contribution in [0.2, 0.25) is 5.02 Å². The van der Waals surface area contributed by atoms with E-state index in [1.807, 2.05) is 19.1 Å². The van der Waals surface area contributed by atoms with Gasteiger partial charge in [-0.2, -0.15) is 13.2 Å². The molecule has 3 nitrogen and oxygen atoms in total. The number of benzene rings is 2. The summed E-state index contributed by atoms with van der Waals surface area (Å²) in [5, 5.41) is 2.95. The Hall–Kier alpha value is -2.05. The number of likely N-dealkylation sites (N-methyl/N-ethyl adjacent to an activating group) is 1. The van der Waals surface area contributed by atoms with E-state index < -0.39 is 17.6 Å². The summed E-state index contributed by atoms with van der Waals surface area (Å²) in [6, 6.07) is 12.0. The second kappa shape index (κ2) is 7.89. The maximum atomic E-state index is 13.0. The number of anilines is 1. The highest BCUT2D eigenvalue weighted by Gasteiger charge is 2.33. The molecule has 0 fully saturated rings. The van der Waals surface area contributed by atoms with E-state index in [2.05, 4.69) is 5.32 Å². The highest BCUT2D eigenvalue weighted by molar-refractivity contribution is 6.30. The number of hydrogen-bond donors (Lipinski definition) is 1. The van der Waals surface area contributed by atoms with Gasteiger partial charge in [0.15, 0.2) is 0 Å². The molecule has 2 aromatic rings. The van der Waals surface area contributed by atoms with E-state index in [0.29, 0.717) is 5.02 Å². The normalized spacial score (nSPS) is 12.9. The van der Waals surface area contributed by atoms with Crippen LogP contribution < -0.4 is 5.32 Å². The van der Waals surface area contributed by atoms with Crippen LogP contribution in [0, 0.1) is 0 Å². The van der Waals surface area contributed by atoms with Gasteiger partial charge in [-0.05, 0) is 43.8 Å². The van der Waals surface area contributed by atoms with E-state index in [4.69, 9.17) is 11.6 Å². The lowest BCUT2D eigenvalue weighted by molar-refractivity contribution is -0.137. The van der Waals surface area contributed by atoms with Crippen LogP contribution in [-0.2, 0) is 11.0 Å². The molecule has 0 spiro atoms. The lowest BCUT2D eigenvalue weighted by Gasteiger charge is -2.25. The number of alkyl halides is 3. The number of para-hydroxylation sites is 1. The summed E-state index contributed by atoms with van der Waals surface area (Å²) in [6.07, 6.45) is -4.52. The van der Waals surface area contributed by atoms with E-state index in [0.717, 1.165) is 11.6 Å². The minimum atomic E-state index is -4.52. The topological polar surface area (TPSA) is 32.3 Å². The van der Waals surface area contributed by atoms with Gasteiger partial charge in [0.1, 0.15) is 0 Å². The number of amides is 1. The van der Waals surface area contributed by atoms with E-state index >= 15 is 0 Å². The predicted molar refractivity (Wildman–Crippen MR) is 92.6 cm³/mol. The second-order valence-corrected chi connectivity index (χ2v) is 6.17. The standard InChI is InChI=1S/C18H18ClF3N2O/c1-12(13-7-9-14(19)10-8-13)24(2)11-17(25)23-16-6-4-3-5-15(16)18(20,21)22/h3-10,12H,11H2,1-2H3,(H,23,25)/t12-/m0/s1. The fraction of sp³-hybridized carbons (Fsp3) is 0.278. The van der Waals surface area contributed by atoms with Crippen LogP contribution in [0.1, 0.15) is 24.1 Å². The number of rotatable bonds is 5. The molecular weight excluding hydrogens is 353 g/mol. The molecule has 1 amide bonds. The monoisotopic (exact) mass is 370 g/mol. The van der Waals surface area contributed by atoms with Crippen molar-refractivity contribution in [3.8, 4) is 0 Å². The first kappa shape index (κ1) is 19.3. The summed E-state index contributed by atoms with van der Waals surface area (Å²) in [5.74, 6) is -0.514. The first-order valence-corrected chi connectivity index (χ1v) is 7.98. The quantitative estimate of drug-likeness (QED) is 0.804. The summed E-state index contributed by atoms with van der Waals surface area (Å²) >= 11 is 5.85. The van der Waals surface area contributed by atoms with E-state index in [1.165, 1.54) is 18.2 Å². The molecule has 0 aliphatic rings. The summed E-state index contributed by atoms with van der Waals surface area (Å²) in [5.41, 5.74) is -0.153. The summed E-state index contributed by atoms with van der Waals surface area (Å²) in [7, 11) is 1.73. The Kier molecular flexibility index (Phi) is 6.08. The minimum absolute atomic E-state index is 0.0457. The Morgan fingerprint density at radius 1 is 1.16 bits per heavy atom. The highest BCUT2D eigenvalue weighted by Crippen LogP contribution is 2.34. The predicted octanol–water partition coefficient (Wildman–Crippen LogP) is 4.99. The molecule has 1 atom stereocenters. The molecule has 0 bridgehead atoms. The molecule has 2 aromatic carbocycles. The van der Waals surface area contributed by atoms with Crippen molar-refractivity contribution < 1.29 is 18.0 Å². The third-order valence-electron chi connectivity index (χ3n) is 3.91. The van der Waals surface area contributed by atoms with Crippen LogP contribution in [0.25, 0.3) is 0 Å². The number of nitrogens with zero attached hydrogens (tertiary/aromatic N) is 1. The summed E-state index contributed by atoms with van der Waals surface area (Å²) in [6.45, 7) is 1.86. The fourth-order valence-electron chi connectivity index (χ4n) is 2.39. The molecule has 7 heteroatoms. The highest BCUT2D eigenvalue weighted by atomic mass is 35.5. The van der Waals surface area contributed by atoms with Crippen molar-refractivity contribution >= 4 is 23.2 Å². The first-order valence-electron chi connectivity index (χ1n) is 7.60. The maximum absolute atomic E-state index is 13.0. The summed E-state index contributed by atoms with van der Waals surface area (Å²) < 4.78 is 38.9. The minimum Gasteiger partial charge on any atom is -0.324 e. The van der Waals surface area contributed by atoms with Crippen LogP contribution >= 0.6 is 11.6 Å². The van der Waals surface area contributed by atoms with Crippen molar-refractivity contribution in [2.45, 2.75) is 19.1 Å². The average Bonchev–Trinajstić information content (AvgIpc) is 2.54. The van der Waals surface area contributed by atoms with Crippen molar-refractivity contribution in [1.29, 1.82) is 0 Å². The molecule has 25 heavy (non-hydrogen) atoms. The molecule has 1 N–H and O–H groups in total. The lowest BCUT2D eigenvalue weighted by Crippen LogP contribution is -2.32. The van der Waals surface area contributed by atoms with Gasteiger partial charge in [0.05, 0.1) is 17.8 Å². The SMILES string of the molecule is C[C@@H](c1ccc(Cl)cc1)N(C)CC(=O)Nc1ccccc1C(F)(F)F. The molecule has 134 valence electrons. The number of halogens is 4. The number of carbonyl (C=O) groups excluding carboxylic acids is 1. The molecule has 0 aliphatic carbocycles. The summed E-state index contributed by atoms with van der Waals surface area (Å²) in [4.78, 5) is 13.9. The molecular formula is C18H18ClF3N2O. The van der Waals surface area contributed by atoms with Crippen molar-refractivity contribution in [1.82, 2.24) is 4.90 Å². The Morgan fingerprint density at radius 2 is 1.76 bits per heavy atom. The third kappa shape index (κ3) is 5.21. The fourth-order valence-corrected chi connectivity index (χ4v) is 2.51. The van der Waals surface area contributed by atoms with Crippen molar-refractivity contribution in [2.24, 2.45) is 0 Å². The van der Waals surface area contributed by atoms with Gasteiger partial charge in [-0.15, -0.1) is 0 Å². The van der Waals surface area contributed by atoms with E-state index in [1.54, 1.807) is 24.1 Å². The largest absolute Gasteiger partial charge is 0.418 e. The van der Waals surface area contributed by atoms with Gasteiger partial charge in [-0.25, -0.2) is 0 Å². The number of carbonyl (C=O) groups is 1. The van der Waals surface area contributed by atoms with Crippen LogP contribution in [0.15, 0.2) is 48.5 Å². The Labute approximate surface area is 149 Å². The zero-order valence-electron chi connectivity index (χ0n) is 13.8. The molecule has 0 heterocycles. The number of nitrogens with one attached hydrogen (secondary N) is 1. The first-order chi connectivity index (χ1) is 11.7. The molecule has 2 rings (SSSR count). The van der Waals surface area contributed by atoms with Gasteiger partial charge in [0.25, 0.3) is 0 Å². The zero-order chi connectivity index (χ0) is 18.6. The molecule has 0 saturated carbocycles. The number of hydrogen-bond acceptors (Lipinski definition) is 2. The van der Waals surface area contributed by atoms with Gasteiger partial charge in [-0.3, -0.25) is 9.69 Å². The Morgan fingerprint density at radius 3 is 2.36 bits per heavy atom. The smallest absolute Gasteiger partial charge is 0.324 e.